The molecule has 1 unspecified atom stereocenters. The summed E-state index contributed by atoms with van der Waals surface area (Å²) in [6.45, 7) is 0.589. The summed E-state index contributed by atoms with van der Waals surface area (Å²) in [6, 6.07) is 4.38. The van der Waals surface area contributed by atoms with Crippen molar-refractivity contribution >= 4 is 21.7 Å². The second-order valence-corrected chi connectivity index (χ2v) is 4.76. The van der Waals surface area contributed by atoms with Gasteiger partial charge in [0.05, 0.1) is 5.56 Å². The molecule has 16 heavy (non-hydrogen) atoms. The SMILES string of the molecule is O=C(c1cc(Br)ccc1F)C1CCCCO1. The van der Waals surface area contributed by atoms with E-state index in [9.17, 15) is 9.18 Å². The maximum atomic E-state index is 13.5. The molecule has 1 aromatic rings. The molecule has 0 saturated carbocycles. The first-order chi connectivity index (χ1) is 7.68. The average Bonchev–Trinajstić information content (AvgIpc) is 2.32. The van der Waals surface area contributed by atoms with Gasteiger partial charge in [-0.25, -0.2) is 4.39 Å². The van der Waals surface area contributed by atoms with Crippen molar-refractivity contribution in [1.29, 1.82) is 0 Å². The standard InChI is InChI=1S/C12H12BrFO2/c13-8-4-5-10(14)9(7-8)12(15)11-3-1-2-6-16-11/h4-5,7,11H,1-3,6H2. The van der Waals surface area contributed by atoms with Gasteiger partial charge in [-0.05, 0) is 37.5 Å². The molecule has 86 valence electrons. The van der Waals surface area contributed by atoms with Crippen LogP contribution < -0.4 is 0 Å². The Bertz CT molecular complexity index is 400. The third-order valence-electron chi connectivity index (χ3n) is 2.67. The molecule has 2 nitrogen and oxygen atoms in total. The predicted octanol–water partition coefficient (Wildman–Crippen LogP) is 3.34. The zero-order valence-corrected chi connectivity index (χ0v) is 10.3. The summed E-state index contributed by atoms with van der Waals surface area (Å²) in [5, 5.41) is 0. The van der Waals surface area contributed by atoms with E-state index in [0.717, 1.165) is 12.8 Å². The van der Waals surface area contributed by atoms with Crippen molar-refractivity contribution in [3.63, 3.8) is 0 Å². The molecule has 0 N–H and O–H groups in total. The maximum Gasteiger partial charge on any atom is 0.194 e. The fourth-order valence-corrected chi connectivity index (χ4v) is 2.17. The molecule has 1 saturated heterocycles. The lowest BCUT2D eigenvalue weighted by molar-refractivity contribution is 0.0183. The molecule has 1 atom stereocenters. The molecule has 2 rings (SSSR count). The molecule has 1 fully saturated rings. The zero-order valence-electron chi connectivity index (χ0n) is 8.71. The third-order valence-corrected chi connectivity index (χ3v) is 3.16. The van der Waals surface area contributed by atoms with Gasteiger partial charge in [-0.2, -0.15) is 0 Å². The van der Waals surface area contributed by atoms with Crippen LogP contribution in [0, 0.1) is 5.82 Å². The smallest absolute Gasteiger partial charge is 0.194 e. The molecular weight excluding hydrogens is 275 g/mol. The van der Waals surface area contributed by atoms with Crippen molar-refractivity contribution in [1.82, 2.24) is 0 Å². The van der Waals surface area contributed by atoms with Crippen LogP contribution in [0.15, 0.2) is 22.7 Å². The van der Waals surface area contributed by atoms with E-state index in [1.807, 2.05) is 0 Å². The van der Waals surface area contributed by atoms with Crippen LogP contribution in [0.1, 0.15) is 29.6 Å². The molecule has 0 spiro atoms. The number of halogens is 2. The van der Waals surface area contributed by atoms with Crippen molar-refractivity contribution < 1.29 is 13.9 Å². The van der Waals surface area contributed by atoms with E-state index in [2.05, 4.69) is 15.9 Å². The van der Waals surface area contributed by atoms with Gasteiger partial charge in [-0.3, -0.25) is 4.79 Å². The molecule has 1 aliphatic rings. The van der Waals surface area contributed by atoms with Crippen LogP contribution in [0.4, 0.5) is 4.39 Å². The van der Waals surface area contributed by atoms with Gasteiger partial charge in [0.1, 0.15) is 11.9 Å². The van der Waals surface area contributed by atoms with Crippen LogP contribution in [0.5, 0.6) is 0 Å². The number of carbonyl (C=O) groups is 1. The Morgan fingerprint density at radius 1 is 1.44 bits per heavy atom. The van der Waals surface area contributed by atoms with Gasteiger partial charge >= 0.3 is 0 Å². The van der Waals surface area contributed by atoms with Gasteiger partial charge < -0.3 is 4.74 Å². The Labute approximate surface area is 102 Å². The number of carbonyl (C=O) groups excluding carboxylic acids is 1. The lowest BCUT2D eigenvalue weighted by Gasteiger charge is -2.21. The van der Waals surface area contributed by atoms with Gasteiger partial charge in [0.15, 0.2) is 5.78 Å². The summed E-state index contributed by atoms with van der Waals surface area (Å²) >= 11 is 3.23. The minimum atomic E-state index is -0.484. The summed E-state index contributed by atoms with van der Waals surface area (Å²) < 4.78 is 19.5. The van der Waals surface area contributed by atoms with E-state index in [0.29, 0.717) is 17.5 Å². The third kappa shape index (κ3) is 2.50. The molecule has 0 aliphatic carbocycles. The second-order valence-electron chi connectivity index (χ2n) is 3.84. The van der Waals surface area contributed by atoms with Crippen LogP contribution in [-0.2, 0) is 4.74 Å². The molecule has 0 amide bonds. The molecule has 1 heterocycles. The second kappa shape index (κ2) is 5.06. The number of benzene rings is 1. The number of hydrogen-bond acceptors (Lipinski definition) is 2. The summed E-state index contributed by atoms with van der Waals surface area (Å²) in [6.07, 6.45) is 2.15. The predicted molar refractivity (Wildman–Crippen MR) is 62.0 cm³/mol. The monoisotopic (exact) mass is 286 g/mol. The largest absolute Gasteiger partial charge is 0.370 e. The van der Waals surface area contributed by atoms with E-state index in [-0.39, 0.29) is 11.3 Å². The van der Waals surface area contributed by atoms with Crippen LogP contribution in [0.3, 0.4) is 0 Å². The zero-order chi connectivity index (χ0) is 11.5. The Kier molecular flexibility index (Phi) is 3.71. The molecular formula is C12H12BrFO2. The fraction of sp³-hybridized carbons (Fsp3) is 0.417. The van der Waals surface area contributed by atoms with E-state index in [4.69, 9.17) is 4.74 Å². The van der Waals surface area contributed by atoms with Crippen LogP contribution in [-0.4, -0.2) is 18.5 Å². The normalized spacial score (nSPS) is 20.8. The summed E-state index contributed by atoms with van der Waals surface area (Å²) in [4.78, 5) is 12.0. The fourth-order valence-electron chi connectivity index (χ4n) is 1.81. The van der Waals surface area contributed by atoms with Crippen molar-refractivity contribution in [3.05, 3.63) is 34.1 Å². The number of rotatable bonds is 2. The molecule has 1 aromatic carbocycles. The molecule has 0 aromatic heterocycles. The maximum absolute atomic E-state index is 13.5. The van der Waals surface area contributed by atoms with Gasteiger partial charge in [-0.15, -0.1) is 0 Å². The highest BCUT2D eigenvalue weighted by atomic mass is 79.9. The van der Waals surface area contributed by atoms with Gasteiger partial charge in [0.2, 0.25) is 0 Å². The van der Waals surface area contributed by atoms with Crippen molar-refractivity contribution in [2.24, 2.45) is 0 Å². The Balaban J connectivity index is 2.22. The Morgan fingerprint density at radius 3 is 2.94 bits per heavy atom. The molecule has 1 aliphatic heterocycles. The van der Waals surface area contributed by atoms with E-state index < -0.39 is 11.9 Å². The highest BCUT2D eigenvalue weighted by Gasteiger charge is 2.25. The van der Waals surface area contributed by atoms with E-state index in [1.165, 1.54) is 12.1 Å². The minimum Gasteiger partial charge on any atom is -0.370 e. The summed E-state index contributed by atoms with van der Waals surface area (Å²) in [5.41, 5.74) is 0.112. The van der Waals surface area contributed by atoms with Crippen molar-refractivity contribution in [3.8, 4) is 0 Å². The first kappa shape index (κ1) is 11.7. The highest BCUT2D eigenvalue weighted by Crippen LogP contribution is 2.21. The Hall–Kier alpha value is -0.740. The number of ether oxygens (including phenoxy) is 1. The average molecular weight is 287 g/mol. The first-order valence-corrected chi connectivity index (χ1v) is 6.08. The van der Waals surface area contributed by atoms with Gasteiger partial charge in [0.25, 0.3) is 0 Å². The number of Topliss-reactive ketones (excluding diaryl/α,β-unsaturated/α-hetero) is 1. The van der Waals surface area contributed by atoms with Crippen molar-refractivity contribution in [2.75, 3.05) is 6.61 Å². The van der Waals surface area contributed by atoms with Crippen LogP contribution in [0.25, 0.3) is 0 Å². The number of hydrogen-bond donors (Lipinski definition) is 0. The molecule has 0 bridgehead atoms. The van der Waals surface area contributed by atoms with Crippen LogP contribution in [0.2, 0.25) is 0 Å². The van der Waals surface area contributed by atoms with Crippen LogP contribution >= 0.6 is 15.9 Å². The van der Waals surface area contributed by atoms with Gasteiger partial charge in [-0.1, -0.05) is 15.9 Å². The van der Waals surface area contributed by atoms with E-state index >= 15 is 0 Å². The first-order valence-electron chi connectivity index (χ1n) is 5.29. The van der Waals surface area contributed by atoms with E-state index in [1.54, 1.807) is 6.07 Å². The summed E-state index contributed by atoms with van der Waals surface area (Å²) in [5.74, 6) is -0.735. The summed E-state index contributed by atoms with van der Waals surface area (Å²) in [7, 11) is 0. The molecule has 0 radical (unpaired) electrons. The quantitative estimate of drug-likeness (QED) is 0.780. The minimum absolute atomic E-state index is 0.112. The van der Waals surface area contributed by atoms with Gasteiger partial charge in [0, 0.05) is 11.1 Å². The Morgan fingerprint density at radius 2 is 2.25 bits per heavy atom. The topological polar surface area (TPSA) is 26.3 Å². The lowest BCUT2D eigenvalue weighted by Crippen LogP contribution is -2.28. The van der Waals surface area contributed by atoms with Crippen molar-refractivity contribution in [2.45, 2.75) is 25.4 Å². The highest BCUT2D eigenvalue weighted by molar-refractivity contribution is 9.10. The number of ketones is 1. The molecule has 4 heteroatoms. The lowest BCUT2D eigenvalue weighted by atomic mass is 9.99.